The van der Waals surface area contributed by atoms with E-state index in [0.29, 0.717) is 18.5 Å². The number of amides is 1. The van der Waals surface area contributed by atoms with Gasteiger partial charge < -0.3 is 10.0 Å². The number of carboxylic acid groups (broad SMARTS) is 1. The van der Waals surface area contributed by atoms with Gasteiger partial charge in [0, 0.05) is 13.1 Å². The molecule has 3 rings (SSSR count). The highest BCUT2D eigenvalue weighted by Gasteiger charge is 2.32. The molecule has 0 aliphatic carbocycles. The molecule has 0 bridgehead atoms. The van der Waals surface area contributed by atoms with Crippen LogP contribution in [0, 0.1) is 19.8 Å². The second-order valence-electron chi connectivity index (χ2n) is 5.97. The van der Waals surface area contributed by atoms with E-state index in [0.717, 1.165) is 16.9 Å². The van der Waals surface area contributed by atoms with Gasteiger partial charge in [-0.15, -0.1) is 0 Å². The van der Waals surface area contributed by atoms with Gasteiger partial charge in [0.2, 0.25) is 0 Å². The highest BCUT2D eigenvalue weighted by molar-refractivity contribution is 5.95. The van der Waals surface area contributed by atoms with Crippen molar-refractivity contribution in [1.29, 1.82) is 0 Å². The topological polar surface area (TPSA) is 75.4 Å². The van der Waals surface area contributed by atoms with Crippen LogP contribution >= 0.6 is 0 Å². The van der Waals surface area contributed by atoms with Crippen LogP contribution < -0.4 is 0 Å². The first-order chi connectivity index (χ1) is 11.0. The number of benzene rings is 1. The van der Waals surface area contributed by atoms with Crippen molar-refractivity contribution in [2.24, 2.45) is 5.92 Å². The summed E-state index contributed by atoms with van der Waals surface area (Å²) in [5.41, 5.74) is 3.32. The Morgan fingerprint density at radius 2 is 2.09 bits per heavy atom. The zero-order chi connectivity index (χ0) is 16.6. The zero-order valence-electron chi connectivity index (χ0n) is 13.2. The highest BCUT2D eigenvalue weighted by Crippen LogP contribution is 2.21. The number of aryl methyl sites for hydroxylation is 1. The van der Waals surface area contributed by atoms with Gasteiger partial charge in [-0.1, -0.05) is 12.1 Å². The first-order valence-corrected chi connectivity index (χ1v) is 7.61. The van der Waals surface area contributed by atoms with Gasteiger partial charge in [0.1, 0.15) is 0 Å². The summed E-state index contributed by atoms with van der Waals surface area (Å²) >= 11 is 0. The van der Waals surface area contributed by atoms with Gasteiger partial charge in [-0.3, -0.25) is 9.59 Å². The molecule has 1 aliphatic heterocycles. The fraction of sp³-hybridized carbons (Fsp3) is 0.353. The van der Waals surface area contributed by atoms with Crippen LogP contribution in [0.2, 0.25) is 0 Å². The van der Waals surface area contributed by atoms with Crippen LogP contribution in [0.25, 0.3) is 5.69 Å². The van der Waals surface area contributed by atoms with Crippen LogP contribution in [0.15, 0.2) is 30.5 Å². The Morgan fingerprint density at radius 3 is 2.74 bits per heavy atom. The van der Waals surface area contributed by atoms with E-state index in [1.165, 1.54) is 0 Å². The summed E-state index contributed by atoms with van der Waals surface area (Å²) in [6.07, 6.45) is 2.07. The van der Waals surface area contributed by atoms with Gasteiger partial charge in [0.25, 0.3) is 5.91 Å². The molecule has 1 aliphatic rings. The minimum atomic E-state index is -0.840. The molecule has 2 heterocycles. The molecule has 1 aromatic heterocycles. The van der Waals surface area contributed by atoms with Crippen molar-refractivity contribution < 1.29 is 14.7 Å². The van der Waals surface area contributed by atoms with E-state index in [9.17, 15) is 9.59 Å². The summed E-state index contributed by atoms with van der Waals surface area (Å²) in [6.45, 7) is 4.60. The van der Waals surface area contributed by atoms with Crippen molar-refractivity contribution in [3.05, 3.63) is 47.3 Å². The number of carboxylic acids is 1. The van der Waals surface area contributed by atoms with E-state index in [4.69, 9.17) is 5.11 Å². The van der Waals surface area contributed by atoms with Gasteiger partial charge in [0.15, 0.2) is 0 Å². The van der Waals surface area contributed by atoms with Crippen molar-refractivity contribution in [3.63, 3.8) is 0 Å². The third-order valence-corrected chi connectivity index (χ3v) is 4.31. The largest absolute Gasteiger partial charge is 0.481 e. The lowest BCUT2D eigenvalue weighted by Crippen LogP contribution is -2.30. The van der Waals surface area contributed by atoms with Gasteiger partial charge in [-0.2, -0.15) is 5.10 Å². The Morgan fingerprint density at radius 1 is 1.30 bits per heavy atom. The Labute approximate surface area is 134 Å². The molecular weight excluding hydrogens is 294 g/mol. The van der Waals surface area contributed by atoms with Crippen LogP contribution in [0.1, 0.15) is 28.0 Å². The van der Waals surface area contributed by atoms with Crippen LogP contribution in [0.3, 0.4) is 0 Å². The highest BCUT2D eigenvalue weighted by atomic mass is 16.4. The monoisotopic (exact) mass is 313 g/mol. The van der Waals surface area contributed by atoms with Gasteiger partial charge in [0.05, 0.1) is 29.1 Å². The minimum Gasteiger partial charge on any atom is -0.481 e. The Bertz CT molecular complexity index is 766. The molecule has 2 aromatic rings. The molecule has 1 amide bonds. The van der Waals surface area contributed by atoms with E-state index >= 15 is 0 Å². The standard InChI is InChI=1S/C17H19N3O3/c1-11-4-3-5-14(8-11)20-12(2)15(9-18-20)16(21)19-7-6-13(10-19)17(22)23/h3-5,8-9,13H,6-7,10H2,1-2H3,(H,22,23). The molecular formula is C17H19N3O3. The number of aromatic nitrogens is 2. The van der Waals surface area contributed by atoms with Gasteiger partial charge in [-0.25, -0.2) is 4.68 Å². The molecule has 1 fully saturated rings. The van der Waals surface area contributed by atoms with Crippen molar-refractivity contribution in [2.45, 2.75) is 20.3 Å². The van der Waals surface area contributed by atoms with E-state index in [-0.39, 0.29) is 12.5 Å². The maximum Gasteiger partial charge on any atom is 0.308 e. The fourth-order valence-corrected chi connectivity index (χ4v) is 2.96. The maximum absolute atomic E-state index is 12.6. The Balaban J connectivity index is 1.85. The predicted molar refractivity (Wildman–Crippen MR) is 84.7 cm³/mol. The second kappa shape index (κ2) is 5.87. The quantitative estimate of drug-likeness (QED) is 0.941. The smallest absolute Gasteiger partial charge is 0.308 e. The van der Waals surface area contributed by atoms with E-state index in [1.54, 1.807) is 15.8 Å². The lowest BCUT2D eigenvalue weighted by molar-refractivity contribution is -0.141. The fourth-order valence-electron chi connectivity index (χ4n) is 2.96. The van der Waals surface area contributed by atoms with Crippen LogP contribution in [-0.4, -0.2) is 44.8 Å². The number of hydrogen-bond donors (Lipinski definition) is 1. The molecule has 6 nitrogen and oxygen atoms in total. The zero-order valence-corrected chi connectivity index (χ0v) is 13.2. The molecule has 1 N–H and O–H groups in total. The average Bonchev–Trinajstić information content (AvgIpc) is 3.13. The number of rotatable bonds is 3. The molecule has 0 spiro atoms. The molecule has 1 aromatic carbocycles. The van der Waals surface area contributed by atoms with Gasteiger partial charge >= 0.3 is 5.97 Å². The third kappa shape index (κ3) is 2.84. The van der Waals surface area contributed by atoms with Crippen LogP contribution in [0.5, 0.6) is 0 Å². The van der Waals surface area contributed by atoms with E-state index in [1.807, 2.05) is 38.1 Å². The molecule has 0 radical (unpaired) electrons. The van der Waals surface area contributed by atoms with Crippen molar-refractivity contribution >= 4 is 11.9 Å². The van der Waals surface area contributed by atoms with Crippen molar-refractivity contribution in [2.75, 3.05) is 13.1 Å². The number of hydrogen-bond acceptors (Lipinski definition) is 3. The van der Waals surface area contributed by atoms with Crippen LogP contribution in [-0.2, 0) is 4.79 Å². The molecule has 1 saturated heterocycles. The van der Waals surface area contributed by atoms with Crippen molar-refractivity contribution in [3.8, 4) is 5.69 Å². The Kier molecular flexibility index (Phi) is 3.90. The first kappa shape index (κ1) is 15.3. The number of likely N-dealkylation sites (tertiary alicyclic amines) is 1. The normalized spacial score (nSPS) is 17.5. The van der Waals surface area contributed by atoms with Crippen molar-refractivity contribution in [1.82, 2.24) is 14.7 Å². The molecule has 23 heavy (non-hydrogen) atoms. The number of aliphatic carboxylic acids is 1. The molecule has 120 valence electrons. The van der Waals surface area contributed by atoms with Gasteiger partial charge in [-0.05, 0) is 38.0 Å². The number of carbonyl (C=O) groups excluding carboxylic acids is 1. The van der Waals surface area contributed by atoms with Crippen LogP contribution in [0.4, 0.5) is 0 Å². The summed E-state index contributed by atoms with van der Waals surface area (Å²) in [7, 11) is 0. The average molecular weight is 313 g/mol. The summed E-state index contributed by atoms with van der Waals surface area (Å²) < 4.78 is 1.74. The maximum atomic E-state index is 12.6. The summed E-state index contributed by atoms with van der Waals surface area (Å²) in [4.78, 5) is 25.3. The van der Waals surface area contributed by atoms with E-state index in [2.05, 4.69) is 5.10 Å². The number of nitrogens with zero attached hydrogens (tertiary/aromatic N) is 3. The predicted octanol–water partition coefficient (Wildman–Crippen LogP) is 2.04. The number of carbonyl (C=O) groups is 2. The molecule has 1 unspecified atom stereocenters. The molecule has 6 heteroatoms. The molecule has 1 atom stereocenters. The minimum absolute atomic E-state index is 0.148. The second-order valence-corrected chi connectivity index (χ2v) is 5.97. The Hall–Kier alpha value is -2.63. The molecule has 0 saturated carbocycles. The first-order valence-electron chi connectivity index (χ1n) is 7.61. The summed E-state index contributed by atoms with van der Waals surface area (Å²) in [6, 6.07) is 7.90. The summed E-state index contributed by atoms with van der Waals surface area (Å²) in [5.74, 6) is -1.45. The third-order valence-electron chi connectivity index (χ3n) is 4.31. The lowest BCUT2D eigenvalue weighted by atomic mass is 10.1. The summed E-state index contributed by atoms with van der Waals surface area (Å²) in [5, 5.41) is 13.4. The lowest BCUT2D eigenvalue weighted by Gasteiger charge is -2.15. The SMILES string of the molecule is Cc1cccc(-n2ncc(C(=O)N3CCC(C(=O)O)C3)c2C)c1. The van der Waals surface area contributed by atoms with E-state index < -0.39 is 11.9 Å².